The first-order valence-electron chi connectivity index (χ1n) is 5.91. The number of benzene rings is 2. The predicted molar refractivity (Wildman–Crippen MR) is 71.8 cm³/mol. The van der Waals surface area contributed by atoms with E-state index in [-0.39, 0.29) is 0 Å². The van der Waals surface area contributed by atoms with Crippen LogP contribution in [-0.2, 0) is 6.42 Å². The fraction of sp³-hybridized carbons (Fsp3) is 0.250. The highest BCUT2D eigenvalue weighted by Crippen LogP contribution is 2.06. The average molecular weight is 339 g/mol. The molecule has 0 aromatic heterocycles. The Morgan fingerprint density at radius 1 is 0.941 bits per heavy atom. The van der Waals surface area contributed by atoms with E-state index in [0.717, 1.165) is 6.42 Å². The molecular weight excluding hydrogens is 319 g/mol. The van der Waals surface area contributed by atoms with Crippen molar-refractivity contribution in [3.8, 4) is 0 Å². The van der Waals surface area contributed by atoms with E-state index in [2.05, 4.69) is 73.7 Å². The third kappa shape index (κ3) is 5.35. The van der Waals surface area contributed by atoms with Crippen molar-refractivity contribution in [2.24, 2.45) is 0 Å². The van der Waals surface area contributed by atoms with Crippen molar-refractivity contribution < 1.29 is 22.6 Å². The Labute approximate surface area is 118 Å². The molecule has 0 unspecified atom stereocenters. The van der Waals surface area contributed by atoms with Crippen LogP contribution in [0.2, 0.25) is 0 Å². The summed E-state index contributed by atoms with van der Waals surface area (Å²) in [6.45, 7) is 6.45. The summed E-state index contributed by atoms with van der Waals surface area (Å²) in [6.07, 6.45) is 1.15. The maximum Gasteiger partial charge on any atom is 0.296 e. The van der Waals surface area contributed by atoms with Crippen LogP contribution in [0, 0.1) is 17.4 Å². The minimum atomic E-state index is 1.15. The molecule has 17 heavy (non-hydrogen) atoms. The SMILES string of the molecule is CCc1cc([IH+])ccc1C.Cc1ccccc1. The highest BCUT2D eigenvalue weighted by molar-refractivity contribution is 5.24. The smallest absolute Gasteiger partial charge is 0.0622 e. The lowest BCUT2D eigenvalue weighted by Gasteiger charge is -1.98. The number of hydrogen-bond acceptors (Lipinski definition) is 0. The number of aryl methyl sites for hydroxylation is 3. The molecule has 0 saturated heterocycles. The molecule has 1 heteroatoms. The van der Waals surface area contributed by atoms with Crippen molar-refractivity contribution in [2.75, 3.05) is 0 Å². The van der Waals surface area contributed by atoms with Crippen LogP contribution in [0.5, 0.6) is 0 Å². The van der Waals surface area contributed by atoms with Gasteiger partial charge < -0.3 is 0 Å². The first-order valence-corrected chi connectivity index (χ1v) is 7.08. The number of rotatable bonds is 1. The summed E-state index contributed by atoms with van der Waals surface area (Å²) in [5, 5.41) is 0. The Balaban J connectivity index is 0.000000181. The molecule has 0 radical (unpaired) electrons. The molecule has 0 fully saturated rings. The van der Waals surface area contributed by atoms with Crippen LogP contribution in [-0.4, -0.2) is 0 Å². The van der Waals surface area contributed by atoms with Crippen LogP contribution in [0.4, 0.5) is 0 Å². The maximum atomic E-state index is 2.26. The molecule has 0 aliphatic heterocycles. The minimum absolute atomic E-state index is 1.15. The van der Waals surface area contributed by atoms with Crippen LogP contribution in [0.3, 0.4) is 0 Å². The largest absolute Gasteiger partial charge is 0.296 e. The molecule has 0 spiro atoms. The lowest BCUT2D eigenvalue weighted by atomic mass is 10.1. The van der Waals surface area contributed by atoms with Gasteiger partial charge in [-0.1, -0.05) is 48.9 Å². The molecule has 0 heterocycles. The van der Waals surface area contributed by atoms with Crippen molar-refractivity contribution in [3.63, 3.8) is 0 Å². The van der Waals surface area contributed by atoms with Gasteiger partial charge >= 0.3 is 0 Å². The van der Waals surface area contributed by atoms with Gasteiger partial charge in [0.15, 0.2) is 3.57 Å². The van der Waals surface area contributed by atoms with Gasteiger partial charge in [-0.05, 0) is 43.5 Å². The maximum absolute atomic E-state index is 2.26. The van der Waals surface area contributed by atoms with Crippen LogP contribution >= 0.6 is 0 Å². The third-order valence-corrected chi connectivity index (χ3v) is 3.37. The van der Waals surface area contributed by atoms with E-state index in [1.807, 2.05) is 18.2 Å². The van der Waals surface area contributed by atoms with Crippen molar-refractivity contribution in [2.45, 2.75) is 27.2 Å². The van der Waals surface area contributed by atoms with Crippen LogP contribution in [0.25, 0.3) is 0 Å². The van der Waals surface area contributed by atoms with E-state index in [9.17, 15) is 0 Å². The molecule has 0 aliphatic rings. The average Bonchev–Trinajstić information content (AvgIpc) is 2.34. The van der Waals surface area contributed by atoms with Crippen molar-refractivity contribution in [1.82, 2.24) is 0 Å². The molecule has 0 atom stereocenters. The van der Waals surface area contributed by atoms with E-state index in [1.165, 1.54) is 20.3 Å². The summed E-state index contributed by atoms with van der Waals surface area (Å²) in [5.74, 6) is 0. The molecule has 2 rings (SSSR count). The quantitative estimate of drug-likeness (QED) is 0.681. The zero-order chi connectivity index (χ0) is 12.7. The van der Waals surface area contributed by atoms with E-state index >= 15 is 0 Å². The van der Waals surface area contributed by atoms with Crippen molar-refractivity contribution in [3.05, 3.63) is 68.8 Å². The van der Waals surface area contributed by atoms with Gasteiger partial charge in [-0.3, -0.25) is 0 Å². The van der Waals surface area contributed by atoms with E-state index in [1.54, 1.807) is 0 Å². The van der Waals surface area contributed by atoms with Crippen LogP contribution in [0.15, 0.2) is 48.5 Å². The fourth-order valence-corrected chi connectivity index (χ4v) is 2.16. The van der Waals surface area contributed by atoms with Gasteiger partial charge in [-0.25, -0.2) is 0 Å². The summed E-state index contributed by atoms with van der Waals surface area (Å²) < 4.78 is 1.37. The summed E-state index contributed by atoms with van der Waals surface area (Å²) in [5.41, 5.74) is 4.21. The van der Waals surface area contributed by atoms with Crippen LogP contribution < -0.4 is 22.6 Å². The Bertz CT molecular complexity index is 446. The lowest BCUT2D eigenvalue weighted by Crippen LogP contribution is -3.34. The van der Waals surface area contributed by atoms with Gasteiger partial charge in [0.05, 0.1) is 0 Å². The van der Waals surface area contributed by atoms with Gasteiger partial charge in [0, 0.05) is 0 Å². The first-order chi connectivity index (χ1) is 8.13. The summed E-state index contributed by atoms with van der Waals surface area (Å²) in [7, 11) is 0. The standard InChI is InChI=1S/C9H12I.C7H8/c1-3-8-6-9(10)5-4-7(8)2;1-7-5-3-2-4-6-7/h4-6,10H,3H2,1-2H3;2-6H,1H3/q+1;. The van der Waals surface area contributed by atoms with Crippen molar-refractivity contribution in [1.29, 1.82) is 0 Å². The highest BCUT2D eigenvalue weighted by Gasteiger charge is 1.99. The van der Waals surface area contributed by atoms with Gasteiger partial charge in [-0.2, -0.15) is 0 Å². The second-order valence-electron chi connectivity index (χ2n) is 4.10. The number of halogens is 1. The summed E-state index contributed by atoms with van der Waals surface area (Å²) >= 11 is 2.07. The lowest BCUT2D eigenvalue weighted by molar-refractivity contribution is -0.328. The molecule has 0 aliphatic carbocycles. The van der Waals surface area contributed by atoms with Gasteiger partial charge in [0.2, 0.25) is 0 Å². The molecule has 2 aromatic rings. The second kappa shape index (κ2) is 7.49. The predicted octanol–water partition coefficient (Wildman–Crippen LogP) is 1.01. The summed E-state index contributed by atoms with van der Waals surface area (Å²) in [4.78, 5) is 0. The van der Waals surface area contributed by atoms with Gasteiger partial charge in [-0.15, -0.1) is 0 Å². The normalized spacial score (nSPS) is 9.41. The Hall–Kier alpha value is -0.830. The minimum Gasteiger partial charge on any atom is -0.0622 e. The third-order valence-electron chi connectivity index (χ3n) is 2.64. The molecule has 0 amide bonds. The molecule has 90 valence electrons. The zero-order valence-electron chi connectivity index (χ0n) is 10.7. The van der Waals surface area contributed by atoms with Gasteiger partial charge in [0.25, 0.3) is 22.6 Å². The second-order valence-corrected chi connectivity index (χ2v) is 5.44. The Morgan fingerprint density at radius 2 is 1.59 bits per heavy atom. The Morgan fingerprint density at radius 3 is 2.00 bits per heavy atom. The molecule has 2 aromatic carbocycles. The molecule has 0 saturated carbocycles. The fourth-order valence-electron chi connectivity index (χ4n) is 1.56. The molecule has 0 N–H and O–H groups in total. The number of hydrogen-bond donors (Lipinski definition) is 0. The van der Waals surface area contributed by atoms with Crippen molar-refractivity contribution >= 4 is 0 Å². The molecule has 0 bridgehead atoms. The topological polar surface area (TPSA) is 0 Å². The Kier molecular flexibility index (Phi) is 6.27. The zero-order valence-corrected chi connectivity index (χ0v) is 13.1. The highest BCUT2D eigenvalue weighted by atomic mass is 127. The monoisotopic (exact) mass is 339 g/mol. The molecular formula is C16H20I+. The first kappa shape index (κ1) is 14.2. The van der Waals surface area contributed by atoms with E-state index < -0.39 is 0 Å². The van der Waals surface area contributed by atoms with Crippen LogP contribution in [0.1, 0.15) is 23.6 Å². The molecule has 0 nitrogen and oxygen atoms in total. The van der Waals surface area contributed by atoms with Gasteiger partial charge in [0.1, 0.15) is 0 Å². The van der Waals surface area contributed by atoms with E-state index in [4.69, 9.17) is 0 Å². The van der Waals surface area contributed by atoms with E-state index in [0.29, 0.717) is 0 Å². The summed E-state index contributed by atoms with van der Waals surface area (Å²) in [6, 6.07) is 16.9.